The Bertz CT molecular complexity index is 740. The maximum absolute atomic E-state index is 6.42. The van der Waals surface area contributed by atoms with Crippen molar-refractivity contribution in [1.82, 2.24) is 4.98 Å². The van der Waals surface area contributed by atoms with Crippen LogP contribution in [0.2, 0.25) is 0 Å². The van der Waals surface area contributed by atoms with E-state index in [1.54, 1.807) is 0 Å². The van der Waals surface area contributed by atoms with Crippen LogP contribution in [0.1, 0.15) is 18.1 Å². The number of fused-ring (bicyclic) bond motifs is 1. The van der Waals surface area contributed by atoms with E-state index >= 15 is 0 Å². The van der Waals surface area contributed by atoms with E-state index in [-0.39, 0.29) is 6.04 Å². The summed E-state index contributed by atoms with van der Waals surface area (Å²) in [7, 11) is 0. The Morgan fingerprint density at radius 3 is 3.05 bits per heavy atom. The molecule has 1 aliphatic heterocycles. The second-order valence-electron chi connectivity index (χ2n) is 5.50. The lowest BCUT2D eigenvalue weighted by Gasteiger charge is -2.37. The van der Waals surface area contributed by atoms with Gasteiger partial charge in [-0.25, -0.2) is 0 Å². The van der Waals surface area contributed by atoms with Crippen molar-refractivity contribution in [2.24, 2.45) is 5.73 Å². The molecule has 2 atom stereocenters. The number of nitrogens with one attached hydrogen (secondary N) is 1. The van der Waals surface area contributed by atoms with Crippen molar-refractivity contribution >= 4 is 10.9 Å². The zero-order valence-electron chi connectivity index (χ0n) is 10.9. The summed E-state index contributed by atoms with van der Waals surface area (Å²) < 4.78 is 6.10. The molecule has 0 fully saturated rings. The van der Waals surface area contributed by atoms with E-state index in [9.17, 15) is 0 Å². The van der Waals surface area contributed by atoms with E-state index in [1.165, 1.54) is 10.9 Å². The van der Waals surface area contributed by atoms with Crippen LogP contribution in [0.5, 0.6) is 0 Å². The topological polar surface area (TPSA) is 51.0 Å². The summed E-state index contributed by atoms with van der Waals surface area (Å²) in [6, 6.07) is 6.16. The molecule has 3 nitrogen and oxygen atoms in total. The summed E-state index contributed by atoms with van der Waals surface area (Å²) in [4.78, 5) is 3.32. The molecule has 19 heavy (non-hydrogen) atoms. The van der Waals surface area contributed by atoms with Gasteiger partial charge >= 0.3 is 0 Å². The van der Waals surface area contributed by atoms with E-state index in [0.717, 1.165) is 28.8 Å². The first-order valence-electron chi connectivity index (χ1n) is 6.54. The molecule has 2 aliphatic rings. The smallest absolute Gasteiger partial charge is 0.169 e. The molecule has 2 aromatic rings. The van der Waals surface area contributed by atoms with Gasteiger partial charge in [0.2, 0.25) is 0 Å². The number of nitrogens with two attached hydrogens (primary N) is 1. The molecule has 3 N–H and O–H groups in total. The maximum atomic E-state index is 6.42. The molecule has 0 saturated carbocycles. The first-order valence-corrected chi connectivity index (χ1v) is 6.54. The molecule has 1 aromatic carbocycles. The third kappa shape index (κ3) is 1.21. The molecule has 1 aliphatic carbocycles. The number of aromatic nitrogens is 1. The average Bonchev–Trinajstić information content (AvgIpc) is 2.92. The molecular weight excluding hydrogens is 236 g/mol. The van der Waals surface area contributed by atoms with Crippen LogP contribution < -0.4 is 5.73 Å². The molecule has 0 saturated heterocycles. The molecule has 1 aromatic heterocycles. The Morgan fingerprint density at radius 2 is 2.32 bits per heavy atom. The van der Waals surface area contributed by atoms with E-state index in [1.807, 2.05) is 13.0 Å². The molecule has 1 spiro atoms. The second-order valence-corrected chi connectivity index (χ2v) is 5.50. The summed E-state index contributed by atoms with van der Waals surface area (Å²) >= 11 is 0. The Kier molecular flexibility index (Phi) is 1.89. The quantitative estimate of drug-likeness (QED) is 0.757. The van der Waals surface area contributed by atoms with Crippen LogP contribution in [0.25, 0.3) is 10.9 Å². The summed E-state index contributed by atoms with van der Waals surface area (Å²) in [6.45, 7) is 6.00. The normalized spacial score (nSPS) is 28.8. The number of allylic oxidation sites excluding steroid dienone is 1. The first-order chi connectivity index (χ1) is 9.12. The number of benzene rings is 1. The molecule has 2 unspecified atom stereocenters. The second kappa shape index (κ2) is 3.31. The Morgan fingerprint density at radius 1 is 1.47 bits per heavy atom. The van der Waals surface area contributed by atoms with Crippen LogP contribution in [0, 0.1) is 0 Å². The molecule has 2 heterocycles. The van der Waals surface area contributed by atoms with Gasteiger partial charge < -0.3 is 15.5 Å². The van der Waals surface area contributed by atoms with Crippen LogP contribution in [-0.2, 0) is 16.8 Å². The average molecular weight is 252 g/mol. The van der Waals surface area contributed by atoms with Crippen LogP contribution in [0.3, 0.4) is 0 Å². The summed E-state index contributed by atoms with van der Waals surface area (Å²) in [6.07, 6.45) is 5.00. The minimum atomic E-state index is -0.546. The summed E-state index contributed by atoms with van der Waals surface area (Å²) in [5.74, 6) is 0.728. The maximum Gasteiger partial charge on any atom is 0.169 e. The highest BCUT2D eigenvalue weighted by Crippen LogP contribution is 2.47. The zero-order chi connectivity index (χ0) is 13.2. The van der Waals surface area contributed by atoms with E-state index < -0.39 is 5.60 Å². The first kappa shape index (κ1) is 10.9. The fourth-order valence-corrected chi connectivity index (χ4v) is 3.36. The molecule has 3 heteroatoms. The minimum Gasteiger partial charge on any atom is -0.477 e. The van der Waals surface area contributed by atoms with E-state index in [2.05, 4.69) is 36.0 Å². The van der Waals surface area contributed by atoms with Crippen molar-refractivity contribution < 1.29 is 4.74 Å². The minimum absolute atomic E-state index is 0.0874. The number of ether oxygens (including phenoxy) is 1. The summed E-state index contributed by atoms with van der Waals surface area (Å²) in [5.41, 5.74) is 10.5. The number of rotatable bonds is 0. The lowest BCUT2D eigenvalue weighted by atomic mass is 9.76. The van der Waals surface area contributed by atoms with Crippen molar-refractivity contribution in [3.8, 4) is 0 Å². The Labute approximate surface area is 111 Å². The lowest BCUT2D eigenvalue weighted by molar-refractivity contribution is 0.0386. The van der Waals surface area contributed by atoms with Crippen molar-refractivity contribution in [3.05, 3.63) is 59.5 Å². The van der Waals surface area contributed by atoms with Crippen molar-refractivity contribution in [1.29, 1.82) is 0 Å². The van der Waals surface area contributed by atoms with Gasteiger partial charge in [-0.2, -0.15) is 0 Å². The number of H-pyrrole nitrogens is 1. The standard InChI is InChI=1S/C16H16N2O/c1-9-7-16(19-10(9)2)12-4-3-5-13-15(12)11(8-18-13)6-14(16)17/h3-5,7-8,14,18H,2,6,17H2,1H3. The van der Waals surface area contributed by atoms with Crippen molar-refractivity contribution in [2.45, 2.75) is 25.0 Å². The fraction of sp³-hybridized carbons (Fsp3) is 0.250. The Hall–Kier alpha value is -2.00. The zero-order valence-corrected chi connectivity index (χ0v) is 10.9. The van der Waals surface area contributed by atoms with Gasteiger partial charge in [-0.05, 0) is 36.6 Å². The van der Waals surface area contributed by atoms with Gasteiger partial charge in [-0.3, -0.25) is 0 Å². The van der Waals surface area contributed by atoms with Gasteiger partial charge in [0.25, 0.3) is 0 Å². The number of hydrogen-bond donors (Lipinski definition) is 2. The van der Waals surface area contributed by atoms with Gasteiger partial charge in [0.05, 0.1) is 6.04 Å². The summed E-state index contributed by atoms with van der Waals surface area (Å²) in [5, 5.41) is 1.25. The van der Waals surface area contributed by atoms with Crippen LogP contribution in [0.4, 0.5) is 0 Å². The van der Waals surface area contributed by atoms with Crippen molar-refractivity contribution in [3.63, 3.8) is 0 Å². The molecular formula is C16H16N2O. The van der Waals surface area contributed by atoms with Crippen LogP contribution in [0.15, 0.2) is 48.4 Å². The van der Waals surface area contributed by atoms with Gasteiger partial charge in [0.1, 0.15) is 5.76 Å². The monoisotopic (exact) mass is 252 g/mol. The largest absolute Gasteiger partial charge is 0.477 e. The molecule has 0 bridgehead atoms. The third-order valence-corrected chi connectivity index (χ3v) is 4.36. The van der Waals surface area contributed by atoms with Gasteiger partial charge in [-0.1, -0.05) is 18.7 Å². The van der Waals surface area contributed by atoms with E-state index in [4.69, 9.17) is 10.5 Å². The van der Waals surface area contributed by atoms with Crippen LogP contribution >= 0.6 is 0 Å². The van der Waals surface area contributed by atoms with Gasteiger partial charge in [0.15, 0.2) is 5.60 Å². The highest BCUT2D eigenvalue weighted by Gasteiger charge is 2.47. The SMILES string of the molecule is C=C1OC2(C=C1C)c1cccc3[nH]cc(c13)CC2N. The van der Waals surface area contributed by atoms with Crippen LogP contribution in [-0.4, -0.2) is 11.0 Å². The number of aromatic amines is 1. The van der Waals surface area contributed by atoms with E-state index in [0.29, 0.717) is 0 Å². The predicted molar refractivity (Wildman–Crippen MR) is 75.6 cm³/mol. The molecule has 4 rings (SSSR count). The van der Waals surface area contributed by atoms with Gasteiger partial charge in [-0.15, -0.1) is 0 Å². The molecule has 96 valence electrons. The highest BCUT2D eigenvalue weighted by molar-refractivity contribution is 5.89. The van der Waals surface area contributed by atoms with Crippen molar-refractivity contribution in [2.75, 3.05) is 0 Å². The lowest BCUT2D eigenvalue weighted by Crippen LogP contribution is -2.47. The molecule has 0 amide bonds. The Balaban J connectivity index is 2.08. The number of hydrogen-bond acceptors (Lipinski definition) is 2. The predicted octanol–water partition coefficient (Wildman–Crippen LogP) is 2.74. The molecule has 0 radical (unpaired) electrons. The fourth-order valence-electron chi connectivity index (χ4n) is 3.36. The third-order valence-electron chi connectivity index (χ3n) is 4.36. The van der Waals surface area contributed by atoms with Gasteiger partial charge in [0, 0.05) is 22.7 Å². The highest BCUT2D eigenvalue weighted by atomic mass is 16.5.